The zero-order valence-electron chi connectivity index (χ0n) is 14.7. The van der Waals surface area contributed by atoms with Crippen LogP contribution < -0.4 is 5.32 Å². The molecule has 1 fully saturated rings. The van der Waals surface area contributed by atoms with Crippen LogP contribution in [0.4, 0.5) is 18.9 Å². The summed E-state index contributed by atoms with van der Waals surface area (Å²) < 4.78 is 44.2. The van der Waals surface area contributed by atoms with E-state index in [1.54, 1.807) is 12.1 Å². The first kappa shape index (κ1) is 20.9. The molecule has 1 amide bonds. The highest BCUT2D eigenvalue weighted by Gasteiger charge is 2.34. The van der Waals surface area contributed by atoms with Crippen LogP contribution in [-0.4, -0.2) is 24.2 Å². The molecule has 0 radical (unpaired) electrons. The first-order valence-corrected chi connectivity index (χ1v) is 9.21. The molecule has 29 heavy (non-hydrogen) atoms. The third-order valence-corrected chi connectivity index (χ3v) is 4.91. The van der Waals surface area contributed by atoms with Gasteiger partial charge in [-0.15, -0.1) is 0 Å². The monoisotopic (exact) mass is 440 g/mol. The minimum absolute atomic E-state index is 0.0141. The van der Waals surface area contributed by atoms with Crippen LogP contribution in [0.5, 0.6) is 0 Å². The number of methoxy groups -OCH3 is 1. The Morgan fingerprint density at radius 2 is 1.90 bits per heavy atom. The van der Waals surface area contributed by atoms with Crippen molar-refractivity contribution in [1.82, 2.24) is 5.32 Å². The Morgan fingerprint density at radius 3 is 2.52 bits per heavy atom. The van der Waals surface area contributed by atoms with Crippen LogP contribution >= 0.6 is 23.4 Å². The van der Waals surface area contributed by atoms with E-state index in [4.69, 9.17) is 11.6 Å². The van der Waals surface area contributed by atoms with E-state index in [9.17, 15) is 22.8 Å². The van der Waals surface area contributed by atoms with Gasteiger partial charge < -0.3 is 10.1 Å². The molecule has 0 unspecified atom stereocenters. The lowest BCUT2D eigenvalue weighted by atomic mass is 10.1. The van der Waals surface area contributed by atoms with Gasteiger partial charge in [0.15, 0.2) is 5.17 Å². The number of amidine groups is 1. The molecule has 1 N–H and O–H groups in total. The zero-order valence-corrected chi connectivity index (χ0v) is 16.3. The van der Waals surface area contributed by atoms with E-state index in [1.165, 1.54) is 31.4 Å². The van der Waals surface area contributed by atoms with Gasteiger partial charge in [0.1, 0.15) is 0 Å². The van der Waals surface area contributed by atoms with E-state index in [1.807, 2.05) is 0 Å². The Labute approximate surface area is 172 Å². The number of alkyl halides is 3. The number of esters is 1. The minimum Gasteiger partial charge on any atom is -0.465 e. The fourth-order valence-corrected chi connectivity index (χ4v) is 3.41. The third kappa shape index (κ3) is 4.99. The summed E-state index contributed by atoms with van der Waals surface area (Å²) in [6.07, 6.45) is -3.10. The van der Waals surface area contributed by atoms with E-state index in [2.05, 4.69) is 15.0 Å². The average Bonchev–Trinajstić information content (AvgIpc) is 3.01. The number of halogens is 4. The number of amides is 1. The molecule has 5 nitrogen and oxygen atoms in total. The molecule has 0 spiro atoms. The van der Waals surface area contributed by atoms with Crippen LogP contribution in [0.25, 0.3) is 6.08 Å². The van der Waals surface area contributed by atoms with E-state index in [-0.39, 0.29) is 20.8 Å². The molecule has 0 atom stereocenters. The second kappa shape index (κ2) is 8.30. The van der Waals surface area contributed by atoms with Crippen molar-refractivity contribution in [2.75, 3.05) is 7.11 Å². The van der Waals surface area contributed by atoms with Crippen molar-refractivity contribution in [2.24, 2.45) is 4.99 Å². The number of hydrogen-bond donors (Lipinski definition) is 1. The summed E-state index contributed by atoms with van der Waals surface area (Å²) in [5.41, 5.74) is -0.376. The van der Waals surface area contributed by atoms with Crippen LogP contribution in [-0.2, 0) is 15.7 Å². The Morgan fingerprint density at radius 1 is 1.21 bits per heavy atom. The number of aliphatic imine (C=N–C) groups is 1. The standard InChI is InChI=1S/C19H12ClF3N2O3S/c1-28-17(27)11-4-2-10(3-5-11)8-15-16(26)25-18(29-15)24-14-7-6-12(20)9-13(14)19(21,22)23/h2-9H,1H3,(H,24,25,26). The van der Waals surface area contributed by atoms with Crippen LogP contribution in [0.2, 0.25) is 5.02 Å². The molecule has 150 valence electrons. The summed E-state index contributed by atoms with van der Waals surface area (Å²) in [6, 6.07) is 9.51. The molecular weight excluding hydrogens is 429 g/mol. The lowest BCUT2D eigenvalue weighted by molar-refractivity contribution is -0.137. The van der Waals surface area contributed by atoms with Crippen molar-refractivity contribution in [2.45, 2.75) is 6.18 Å². The van der Waals surface area contributed by atoms with Gasteiger partial charge in [0, 0.05) is 5.02 Å². The van der Waals surface area contributed by atoms with Gasteiger partial charge in [0.05, 0.1) is 28.8 Å². The number of nitrogens with one attached hydrogen (secondary N) is 1. The van der Waals surface area contributed by atoms with Crippen molar-refractivity contribution in [3.63, 3.8) is 0 Å². The quantitative estimate of drug-likeness (QED) is 0.536. The molecule has 1 aliphatic heterocycles. The number of nitrogens with zero attached hydrogens (tertiary/aromatic N) is 1. The second-order valence-corrected chi connectivity index (χ2v) is 7.22. The van der Waals surface area contributed by atoms with Gasteiger partial charge in [-0.1, -0.05) is 23.7 Å². The smallest absolute Gasteiger partial charge is 0.418 e. The van der Waals surface area contributed by atoms with Crippen LogP contribution in [0.3, 0.4) is 0 Å². The first-order valence-electron chi connectivity index (χ1n) is 8.02. The summed E-state index contributed by atoms with van der Waals surface area (Å²) in [4.78, 5) is 27.8. The van der Waals surface area contributed by atoms with Crippen molar-refractivity contribution in [3.8, 4) is 0 Å². The molecule has 0 saturated carbocycles. The molecule has 0 bridgehead atoms. The maximum atomic E-state index is 13.2. The topological polar surface area (TPSA) is 67.8 Å². The molecule has 1 saturated heterocycles. The minimum atomic E-state index is -4.64. The van der Waals surface area contributed by atoms with Crippen LogP contribution in [0, 0.1) is 0 Å². The maximum absolute atomic E-state index is 13.2. The van der Waals surface area contributed by atoms with Gasteiger partial charge in [-0.2, -0.15) is 13.2 Å². The number of hydrogen-bond acceptors (Lipinski definition) is 5. The second-order valence-electron chi connectivity index (χ2n) is 5.75. The van der Waals surface area contributed by atoms with Crippen molar-refractivity contribution in [1.29, 1.82) is 0 Å². The molecule has 2 aromatic carbocycles. The highest BCUT2D eigenvalue weighted by Crippen LogP contribution is 2.39. The summed E-state index contributed by atoms with van der Waals surface area (Å²) in [5.74, 6) is -0.983. The molecule has 2 aromatic rings. The number of ether oxygens (including phenoxy) is 1. The fourth-order valence-electron chi connectivity index (χ4n) is 2.41. The molecule has 0 aromatic heterocycles. The molecule has 10 heteroatoms. The van der Waals surface area contributed by atoms with E-state index in [0.717, 1.165) is 23.9 Å². The summed E-state index contributed by atoms with van der Waals surface area (Å²) >= 11 is 6.56. The Hall–Kier alpha value is -2.78. The zero-order chi connectivity index (χ0) is 21.2. The lowest BCUT2D eigenvalue weighted by Gasteiger charge is -2.10. The van der Waals surface area contributed by atoms with Crippen molar-refractivity contribution >= 4 is 52.2 Å². The SMILES string of the molecule is COC(=O)c1ccc(C=C2SC(=Nc3ccc(Cl)cc3C(F)(F)F)NC2=O)cc1. The first-order chi connectivity index (χ1) is 13.7. The number of rotatable bonds is 3. The van der Waals surface area contributed by atoms with Gasteiger partial charge in [0.25, 0.3) is 5.91 Å². The molecular formula is C19H12ClF3N2O3S. The number of carbonyl (C=O) groups excluding carboxylic acids is 2. The van der Waals surface area contributed by atoms with E-state index in [0.29, 0.717) is 11.1 Å². The van der Waals surface area contributed by atoms with Gasteiger partial charge in [-0.25, -0.2) is 9.79 Å². The summed E-state index contributed by atoms with van der Waals surface area (Å²) in [7, 11) is 1.27. The highest BCUT2D eigenvalue weighted by atomic mass is 35.5. The van der Waals surface area contributed by atoms with Gasteiger partial charge in [-0.05, 0) is 53.7 Å². The van der Waals surface area contributed by atoms with Crippen LogP contribution in [0.15, 0.2) is 52.4 Å². The van der Waals surface area contributed by atoms with E-state index >= 15 is 0 Å². The Bertz CT molecular complexity index is 1030. The van der Waals surface area contributed by atoms with E-state index < -0.39 is 23.6 Å². The summed E-state index contributed by atoms with van der Waals surface area (Å²) in [5, 5.41) is 2.38. The normalized spacial score (nSPS) is 16.9. The van der Waals surface area contributed by atoms with Gasteiger partial charge in [0.2, 0.25) is 0 Å². The summed E-state index contributed by atoms with van der Waals surface area (Å²) in [6.45, 7) is 0. The molecule has 1 heterocycles. The number of thioether (sulfide) groups is 1. The lowest BCUT2D eigenvalue weighted by Crippen LogP contribution is -2.19. The molecule has 1 aliphatic rings. The third-order valence-electron chi connectivity index (χ3n) is 3.77. The average molecular weight is 441 g/mol. The van der Waals surface area contributed by atoms with Crippen molar-refractivity contribution < 1.29 is 27.5 Å². The van der Waals surface area contributed by atoms with Gasteiger partial charge >= 0.3 is 12.1 Å². The van der Waals surface area contributed by atoms with Crippen LogP contribution in [0.1, 0.15) is 21.5 Å². The number of carbonyl (C=O) groups is 2. The highest BCUT2D eigenvalue weighted by molar-refractivity contribution is 8.18. The Kier molecular flexibility index (Phi) is 5.99. The van der Waals surface area contributed by atoms with Crippen molar-refractivity contribution in [3.05, 3.63) is 69.1 Å². The predicted octanol–water partition coefficient (Wildman–Crippen LogP) is 5.04. The van der Waals surface area contributed by atoms with Gasteiger partial charge in [-0.3, -0.25) is 4.79 Å². The fraction of sp³-hybridized carbons (Fsp3) is 0.105. The Balaban J connectivity index is 1.85. The molecule has 0 aliphatic carbocycles. The predicted molar refractivity (Wildman–Crippen MR) is 105 cm³/mol. The number of benzene rings is 2. The molecule has 3 rings (SSSR count). The largest absolute Gasteiger partial charge is 0.465 e. The maximum Gasteiger partial charge on any atom is 0.418 e.